The average Bonchev–Trinajstić information content (AvgIpc) is 2.56. The van der Waals surface area contributed by atoms with Crippen LogP contribution in [-0.2, 0) is 14.4 Å². The number of rotatable bonds is 3. The van der Waals surface area contributed by atoms with Crippen LogP contribution in [0.3, 0.4) is 0 Å². The van der Waals surface area contributed by atoms with Gasteiger partial charge in [0.25, 0.3) is 12.0 Å². The Hall–Kier alpha value is -0.516. The van der Waals surface area contributed by atoms with Crippen molar-refractivity contribution in [2.24, 2.45) is 5.16 Å². The van der Waals surface area contributed by atoms with Gasteiger partial charge in [-0.2, -0.15) is 0 Å². The van der Waals surface area contributed by atoms with E-state index < -0.39 is 12.0 Å². The summed E-state index contributed by atoms with van der Waals surface area (Å²) in [5.41, 5.74) is 8.19. The molecule has 115 valence electrons. The first-order chi connectivity index (χ1) is 10.0. The molecule has 0 atom stereocenters. The van der Waals surface area contributed by atoms with Crippen LogP contribution in [-0.4, -0.2) is 38.1 Å². The van der Waals surface area contributed by atoms with Crippen LogP contribution in [0.25, 0.3) is 5.73 Å². The summed E-state index contributed by atoms with van der Waals surface area (Å²) in [4.78, 5) is 28.7. The Kier molecular flexibility index (Phi) is 7.94. The van der Waals surface area contributed by atoms with Crippen molar-refractivity contribution >= 4 is 52.0 Å². The minimum atomic E-state index is -1.32. The van der Waals surface area contributed by atoms with E-state index in [0.717, 1.165) is 5.69 Å². The van der Waals surface area contributed by atoms with Gasteiger partial charge in [-0.3, -0.25) is 14.5 Å². The predicted octanol–water partition coefficient (Wildman–Crippen LogP) is 2.34. The fourth-order valence-corrected chi connectivity index (χ4v) is 2.60. The Labute approximate surface area is 174 Å². The number of ether oxygens (including phenoxy) is 1. The van der Waals surface area contributed by atoms with E-state index in [1.54, 1.807) is 9.18 Å². The number of amides is 2. The molecule has 1 radical (unpaired) electrons. The van der Waals surface area contributed by atoms with Crippen molar-refractivity contribution in [1.82, 2.24) is 0 Å². The first-order valence-electron chi connectivity index (χ1n) is 5.87. The number of oxime groups is 1. The van der Waals surface area contributed by atoms with Crippen LogP contribution in [0.4, 0.5) is 16.2 Å². The standard InChI is InChI=1S/C12H13IN4O4.Pr/c1-20-7-16-9-4-2-3-5-10(9)17(13)6-8(11(16)18)15-21-12(14)19;/h2-5H,6-7H2,1H3,(H2,14,19);/p-1/b15-8+;. The van der Waals surface area contributed by atoms with E-state index in [1.165, 1.54) is 12.0 Å². The van der Waals surface area contributed by atoms with Crippen molar-refractivity contribution in [2.45, 2.75) is 0 Å². The molecule has 0 aromatic heterocycles. The Balaban J connectivity index is 0.00000242. The Bertz CT molecular complexity index is 598. The van der Waals surface area contributed by atoms with Gasteiger partial charge in [0.05, 0.1) is 40.8 Å². The molecule has 8 nitrogen and oxygen atoms in total. The molecule has 0 spiro atoms. The summed E-state index contributed by atoms with van der Waals surface area (Å²) < 4.78 is 6.83. The maximum atomic E-state index is 12.5. The summed E-state index contributed by atoms with van der Waals surface area (Å²) in [6.45, 7) is 0.179. The van der Waals surface area contributed by atoms with Crippen LogP contribution in [0.2, 0.25) is 0 Å². The Morgan fingerprint density at radius 1 is 1.41 bits per heavy atom. The third-order valence-electron chi connectivity index (χ3n) is 2.71. The van der Waals surface area contributed by atoms with Gasteiger partial charge in [-0.1, -0.05) is 17.3 Å². The number of carbonyl (C=O) groups is 2. The minimum absolute atomic E-state index is 0. The molecule has 0 saturated heterocycles. The molecule has 0 unspecified atom stereocenters. The van der Waals surface area contributed by atoms with Gasteiger partial charge >= 0.3 is 0 Å². The van der Waals surface area contributed by atoms with Crippen molar-refractivity contribution < 1.29 is 60.5 Å². The Morgan fingerprint density at radius 3 is 2.64 bits per heavy atom. The number of carbonyl (C=O) groups excluding carboxylic acids is 2. The van der Waals surface area contributed by atoms with Crippen molar-refractivity contribution in [1.29, 1.82) is 0 Å². The maximum absolute atomic E-state index is 12.5. The third kappa shape index (κ3) is 4.49. The molecule has 1 heterocycles. The number of nitrogens with zero attached hydrogens (tertiary/aromatic N) is 3. The molecule has 0 saturated carbocycles. The predicted molar refractivity (Wildman–Crippen MR) is 85.4 cm³/mol. The summed E-state index contributed by atoms with van der Waals surface area (Å²) >= 11 is 2.04. The van der Waals surface area contributed by atoms with Gasteiger partial charge in [-0.25, -0.2) is 0 Å². The van der Waals surface area contributed by atoms with Crippen molar-refractivity contribution in [3.8, 4) is 0 Å². The first kappa shape index (κ1) is 19.5. The molecular weight excluding hydrogens is 532 g/mol. The summed E-state index contributed by atoms with van der Waals surface area (Å²) in [5.74, 6) is -0.440. The molecule has 10 heteroatoms. The summed E-state index contributed by atoms with van der Waals surface area (Å²) in [6.07, 6.45) is -1.32. The summed E-state index contributed by atoms with van der Waals surface area (Å²) in [5, 5.41) is 3.48. The van der Waals surface area contributed by atoms with Gasteiger partial charge in [-0.15, -0.1) is 0 Å². The van der Waals surface area contributed by atoms with E-state index in [0.29, 0.717) is 5.69 Å². The molecule has 0 aliphatic carbocycles. The monoisotopic (exact) mass is 544 g/mol. The second kappa shape index (κ2) is 8.95. The summed E-state index contributed by atoms with van der Waals surface area (Å²) in [7, 11) is 1.48. The number of methoxy groups -OCH3 is 1. The van der Waals surface area contributed by atoms with E-state index in [-0.39, 0.29) is 60.3 Å². The van der Waals surface area contributed by atoms with E-state index >= 15 is 0 Å². The molecule has 22 heavy (non-hydrogen) atoms. The number of fused-ring (bicyclic) bond motifs is 1. The molecule has 2 amide bonds. The topological polar surface area (TPSA) is 95.2 Å². The van der Waals surface area contributed by atoms with Crippen molar-refractivity contribution in [3.05, 3.63) is 30.0 Å². The molecule has 0 fully saturated rings. The molecule has 1 aliphatic rings. The summed E-state index contributed by atoms with van der Waals surface area (Å²) in [6, 6.07) is 7.31. The number of para-hydroxylation sites is 2. The number of halogens is 1. The second-order valence-corrected chi connectivity index (χ2v) is 5.24. The quantitative estimate of drug-likeness (QED) is 0.252. The fraction of sp³-hybridized carbons (Fsp3) is 0.250. The number of anilines is 2. The van der Waals surface area contributed by atoms with Gasteiger partial charge in [0.15, 0.2) is 5.71 Å². The molecule has 1 aromatic carbocycles. The Morgan fingerprint density at radius 2 is 2.05 bits per heavy atom. The van der Waals surface area contributed by atoms with Gasteiger partial charge < -0.3 is 18.4 Å². The molecule has 0 bridgehead atoms. The van der Waals surface area contributed by atoms with E-state index in [9.17, 15) is 9.59 Å². The largest absolute Gasteiger partial charge is 0.629 e. The van der Waals surface area contributed by atoms with Crippen molar-refractivity contribution in [3.63, 3.8) is 0 Å². The number of nitrogens with one attached hydrogen (secondary N) is 1. The average molecular weight is 544 g/mol. The normalized spacial score (nSPS) is 15.9. The van der Waals surface area contributed by atoms with Gasteiger partial charge in [-0.05, 0) is 12.1 Å². The van der Waals surface area contributed by atoms with E-state index in [1.807, 2.05) is 41.1 Å². The molecule has 2 rings (SSSR count). The van der Waals surface area contributed by atoms with Crippen LogP contribution in [0.5, 0.6) is 0 Å². The number of hydrogen-bond acceptors (Lipinski definition) is 6. The SMILES string of the molecule is COCN1C(=O)/C(=N/OC([NH-])=O)CN(I)c2ccccc21.[Pr]. The molecule has 1 N–H and O–H groups in total. The zero-order chi connectivity index (χ0) is 15.4. The zero-order valence-electron chi connectivity index (χ0n) is 11.7. The fourth-order valence-electron chi connectivity index (χ4n) is 1.87. The second-order valence-electron chi connectivity index (χ2n) is 4.08. The van der Waals surface area contributed by atoms with Crippen LogP contribution < -0.4 is 8.01 Å². The first-order valence-corrected chi connectivity index (χ1v) is 6.83. The number of hydrogen-bond donors (Lipinski definition) is 0. The molecular formula is C12H12IN4O4Pr-. The van der Waals surface area contributed by atoms with E-state index in [2.05, 4.69) is 9.99 Å². The van der Waals surface area contributed by atoms with Crippen LogP contribution in [0.15, 0.2) is 29.4 Å². The molecule has 1 aliphatic heterocycles. The number of benzene rings is 1. The smallest absolute Gasteiger partial charge is 0.279 e. The molecule has 1 aromatic rings. The van der Waals surface area contributed by atoms with E-state index in [4.69, 9.17) is 10.5 Å². The van der Waals surface area contributed by atoms with Crippen molar-refractivity contribution in [2.75, 3.05) is 28.4 Å². The van der Waals surface area contributed by atoms with Gasteiger partial charge in [0, 0.05) is 48.4 Å². The third-order valence-corrected chi connectivity index (χ3v) is 3.57. The van der Waals surface area contributed by atoms with Crippen LogP contribution in [0.1, 0.15) is 0 Å². The zero-order valence-corrected chi connectivity index (χ0v) is 17.5. The maximum Gasteiger partial charge on any atom is 0.279 e. The minimum Gasteiger partial charge on any atom is -0.629 e. The van der Waals surface area contributed by atoms with Crippen LogP contribution >= 0.6 is 22.9 Å². The van der Waals surface area contributed by atoms with Gasteiger partial charge in [0.2, 0.25) is 0 Å². The van der Waals surface area contributed by atoms with Crippen LogP contribution in [0, 0.1) is 41.3 Å². The van der Waals surface area contributed by atoms with Gasteiger partial charge in [0.1, 0.15) is 6.73 Å².